The Hall–Kier alpha value is -2.68. The van der Waals surface area contributed by atoms with E-state index in [0.29, 0.717) is 17.0 Å². The van der Waals surface area contributed by atoms with Crippen molar-refractivity contribution in [3.63, 3.8) is 0 Å². The summed E-state index contributed by atoms with van der Waals surface area (Å²) in [5.41, 5.74) is 5.26. The Bertz CT molecular complexity index is 933. The van der Waals surface area contributed by atoms with Crippen LogP contribution in [0.25, 0.3) is 22.4 Å². The minimum atomic E-state index is -4.57. The van der Waals surface area contributed by atoms with E-state index >= 15 is 0 Å². The molecule has 1 atom stereocenters. The lowest BCUT2D eigenvalue weighted by atomic mass is 10.1. The Morgan fingerprint density at radius 1 is 1.26 bits per heavy atom. The monoisotopic (exact) mass is 383 g/mol. The number of fused-ring (bicyclic) bond motifs is 1. The van der Waals surface area contributed by atoms with Crippen LogP contribution in [0.2, 0.25) is 0 Å². The van der Waals surface area contributed by atoms with Crippen LogP contribution < -0.4 is 10.5 Å². The number of rotatable bonds is 6. The van der Waals surface area contributed by atoms with Gasteiger partial charge in [-0.3, -0.25) is 5.10 Å². The van der Waals surface area contributed by atoms with Crippen molar-refractivity contribution in [2.24, 2.45) is 11.7 Å². The first-order valence-electron chi connectivity index (χ1n) is 8.51. The van der Waals surface area contributed by atoms with Crippen molar-refractivity contribution in [3.8, 4) is 17.3 Å². The third-order valence-electron chi connectivity index (χ3n) is 3.96. The van der Waals surface area contributed by atoms with E-state index in [-0.39, 0.29) is 32.8 Å². The van der Waals surface area contributed by atoms with E-state index in [1.807, 2.05) is 13.8 Å². The fourth-order valence-electron chi connectivity index (χ4n) is 2.84. The molecular formula is C18H24F3N5O. The lowest BCUT2D eigenvalue weighted by Gasteiger charge is -2.16. The molecule has 0 fully saturated rings. The molecule has 148 valence electrons. The summed E-state index contributed by atoms with van der Waals surface area (Å²) in [7, 11) is 0. The van der Waals surface area contributed by atoms with Gasteiger partial charge >= 0.3 is 6.18 Å². The molecule has 27 heavy (non-hydrogen) atoms. The number of hydrogen-bond acceptors (Lipinski definition) is 5. The Labute approximate surface area is 156 Å². The summed E-state index contributed by atoms with van der Waals surface area (Å²) in [4.78, 5) is 8.12. The third-order valence-corrected chi connectivity index (χ3v) is 3.96. The zero-order valence-electron chi connectivity index (χ0n) is 14.9. The first-order valence-corrected chi connectivity index (χ1v) is 8.51. The van der Waals surface area contributed by atoms with Crippen LogP contribution in [0.5, 0.6) is 5.88 Å². The Balaban J connectivity index is 0.00000210. The zero-order chi connectivity index (χ0) is 19.6. The molecule has 0 aliphatic rings. The van der Waals surface area contributed by atoms with E-state index < -0.39 is 11.7 Å². The van der Waals surface area contributed by atoms with Gasteiger partial charge in [0.2, 0.25) is 5.88 Å². The molecule has 0 unspecified atom stereocenters. The number of nitrogens with one attached hydrogen (secondary N) is 1. The smallest absolute Gasteiger partial charge is 0.418 e. The van der Waals surface area contributed by atoms with Crippen molar-refractivity contribution in [2.45, 2.75) is 32.5 Å². The number of ether oxygens (including phenoxy) is 1. The normalized spacial score (nSPS) is 13.3. The van der Waals surface area contributed by atoms with Crippen molar-refractivity contribution >= 4 is 11.0 Å². The molecule has 6 nitrogen and oxygen atoms in total. The van der Waals surface area contributed by atoms with Gasteiger partial charge in [-0.25, -0.2) is 9.97 Å². The number of alkyl halides is 3. The minimum Gasteiger partial charge on any atom is -0.476 e. The lowest BCUT2D eigenvalue weighted by Crippen LogP contribution is -2.29. The number of H-pyrrole nitrogens is 1. The molecule has 3 aromatic heterocycles. The Morgan fingerprint density at radius 3 is 2.74 bits per heavy atom. The lowest BCUT2D eigenvalue weighted by molar-refractivity contribution is -0.137. The highest BCUT2D eigenvalue weighted by Gasteiger charge is 2.36. The molecule has 0 radical (unpaired) electrons. The molecule has 0 aliphatic heterocycles. The van der Waals surface area contributed by atoms with Crippen LogP contribution in [-0.4, -0.2) is 32.8 Å². The highest BCUT2D eigenvalue weighted by Crippen LogP contribution is 2.38. The number of nitrogens with zero attached hydrogens (tertiary/aromatic N) is 3. The van der Waals surface area contributed by atoms with Crippen LogP contribution in [-0.2, 0) is 6.18 Å². The Morgan fingerprint density at radius 2 is 2.04 bits per heavy atom. The first kappa shape index (κ1) is 19.1. The van der Waals surface area contributed by atoms with Crippen LogP contribution in [0.15, 0.2) is 30.5 Å². The van der Waals surface area contributed by atoms with E-state index in [4.69, 9.17) is 10.5 Å². The van der Waals surface area contributed by atoms with Gasteiger partial charge in [-0.15, -0.1) is 0 Å². The maximum atomic E-state index is 13.5. The number of nitrogens with two attached hydrogens (primary N) is 1. The molecule has 0 spiro atoms. The first-order chi connectivity index (χ1) is 12.8. The summed E-state index contributed by atoms with van der Waals surface area (Å²) in [6.45, 7) is 4.23. The van der Waals surface area contributed by atoms with Gasteiger partial charge in [0.15, 0.2) is 5.65 Å². The molecule has 0 aliphatic carbocycles. The summed E-state index contributed by atoms with van der Waals surface area (Å²) >= 11 is 0. The van der Waals surface area contributed by atoms with Gasteiger partial charge in [0, 0.05) is 26.5 Å². The van der Waals surface area contributed by atoms with Crippen molar-refractivity contribution in [3.05, 3.63) is 36.0 Å². The number of hydrogen-bond donors (Lipinski definition) is 2. The van der Waals surface area contributed by atoms with Crippen LogP contribution >= 0.6 is 0 Å². The molecule has 3 rings (SSSR count). The van der Waals surface area contributed by atoms with Crippen molar-refractivity contribution < 1.29 is 20.8 Å². The quantitative estimate of drug-likeness (QED) is 0.663. The van der Waals surface area contributed by atoms with Gasteiger partial charge < -0.3 is 10.5 Å². The zero-order valence-corrected chi connectivity index (χ0v) is 14.9. The fraction of sp³-hybridized carbons (Fsp3) is 0.389. The van der Waals surface area contributed by atoms with Crippen LogP contribution in [0.4, 0.5) is 13.2 Å². The van der Waals surface area contributed by atoms with Crippen LogP contribution in [0.3, 0.4) is 0 Å². The number of aromatic nitrogens is 4. The summed E-state index contributed by atoms with van der Waals surface area (Å²) in [6.07, 6.45) is -2.32. The number of pyridine rings is 2. The minimum absolute atomic E-state index is 0. The molecule has 0 saturated heterocycles. The largest absolute Gasteiger partial charge is 0.476 e. The maximum Gasteiger partial charge on any atom is 0.418 e. The van der Waals surface area contributed by atoms with Gasteiger partial charge in [-0.2, -0.15) is 18.3 Å². The average molecular weight is 383 g/mol. The topological polar surface area (TPSA) is 89.7 Å². The van der Waals surface area contributed by atoms with Gasteiger partial charge in [-0.1, -0.05) is 13.8 Å². The molecule has 3 aromatic rings. The van der Waals surface area contributed by atoms with Crippen molar-refractivity contribution in [2.75, 3.05) is 6.61 Å². The highest BCUT2D eigenvalue weighted by atomic mass is 19.4. The second-order valence-electron chi connectivity index (χ2n) is 6.72. The molecule has 0 amide bonds. The third kappa shape index (κ3) is 4.36. The van der Waals surface area contributed by atoms with Gasteiger partial charge in [0.1, 0.15) is 12.3 Å². The molecule has 0 saturated carbocycles. The highest BCUT2D eigenvalue weighted by molar-refractivity contribution is 5.90. The van der Waals surface area contributed by atoms with E-state index in [1.165, 1.54) is 12.3 Å². The second kappa shape index (κ2) is 7.51. The van der Waals surface area contributed by atoms with Gasteiger partial charge in [-0.05, 0) is 30.5 Å². The van der Waals surface area contributed by atoms with Gasteiger partial charge in [0.25, 0.3) is 0 Å². The molecule has 0 bridgehead atoms. The average Bonchev–Trinajstić information content (AvgIpc) is 3.02. The molecule has 0 aromatic carbocycles. The van der Waals surface area contributed by atoms with Crippen molar-refractivity contribution in [1.29, 1.82) is 0 Å². The predicted octanol–water partition coefficient (Wildman–Crippen LogP) is 4.28. The van der Waals surface area contributed by atoms with E-state index in [1.54, 1.807) is 12.1 Å². The second-order valence-corrected chi connectivity index (χ2v) is 6.72. The van der Waals surface area contributed by atoms with E-state index in [9.17, 15) is 13.2 Å². The maximum absolute atomic E-state index is 13.5. The molecule has 3 heterocycles. The van der Waals surface area contributed by atoms with Crippen LogP contribution in [0, 0.1) is 5.92 Å². The Kier molecular flexibility index (Phi) is 5.31. The molecular weight excluding hydrogens is 359 g/mol. The fourth-order valence-corrected chi connectivity index (χ4v) is 2.84. The SMILES string of the molecule is CC(C)C[C@H](N)COc1ccc(C(F)(F)F)c(-c2[nH]nc3ncccc23)n1.[HH].[HH]. The molecule has 9 heteroatoms. The molecule has 3 N–H and O–H groups in total. The number of halogens is 3. The van der Waals surface area contributed by atoms with Gasteiger partial charge in [0.05, 0.1) is 11.3 Å². The van der Waals surface area contributed by atoms with Crippen molar-refractivity contribution in [1.82, 2.24) is 20.2 Å². The summed E-state index contributed by atoms with van der Waals surface area (Å²) in [5.74, 6) is 0.465. The summed E-state index contributed by atoms with van der Waals surface area (Å²) < 4.78 is 46.0. The summed E-state index contributed by atoms with van der Waals surface area (Å²) in [5, 5.41) is 7.00. The standard InChI is InChI=1S/C18H20F3N5O.2H2/c1-10(2)8-11(22)9-27-14-6-5-13(18(19,20)21)16(24-14)15-12-4-3-7-23-17(12)26-25-15;;/h3-7,10-11H,8-9,22H2,1-2H3,(H,23,25,26);2*1H/t11-;;/m0../s1. The predicted molar refractivity (Wildman–Crippen MR) is 99.3 cm³/mol. The summed E-state index contributed by atoms with van der Waals surface area (Å²) in [6, 6.07) is 5.18. The number of aromatic amines is 1. The van der Waals surface area contributed by atoms with Crippen LogP contribution in [0.1, 0.15) is 28.7 Å². The van der Waals surface area contributed by atoms with E-state index in [2.05, 4.69) is 20.2 Å². The van der Waals surface area contributed by atoms with E-state index in [0.717, 1.165) is 12.5 Å².